The summed E-state index contributed by atoms with van der Waals surface area (Å²) in [6.07, 6.45) is 7.14. The van der Waals surface area contributed by atoms with Gasteiger partial charge in [-0.05, 0) is 55.4 Å². The lowest BCUT2D eigenvalue weighted by atomic mass is 9.79. The minimum Gasteiger partial charge on any atom is -0.310 e. The largest absolute Gasteiger partial charge is 0.310 e. The van der Waals surface area contributed by atoms with E-state index in [0.29, 0.717) is 12.6 Å². The third kappa shape index (κ3) is 1.92. The second kappa shape index (κ2) is 4.59. The van der Waals surface area contributed by atoms with Gasteiger partial charge in [0.1, 0.15) is 5.82 Å². The molecule has 102 valence electrons. The van der Waals surface area contributed by atoms with Crippen molar-refractivity contribution in [1.82, 2.24) is 5.32 Å². The normalized spacial score (nSPS) is 39.7. The summed E-state index contributed by atoms with van der Waals surface area (Å²) < 4.78 is 13.6. The van der Waals surface area contributed by atoms with Gasteiger partial charge < -0.3 is 5.32 Å². The Labute approximate surface area is 114 Å². The zero-order valence-corrected chi connectivity index (χ0v) is 11.3. The number of fused-ring (bicyclic) bond motifs is 5. The third-order valence-corrected chi connectivity index (χ3v) is 5.94. The molecular formula is C17H22FN. The van der Waals surface area contributed by atoms with E-state index < -0.39 is 0 Å². The maximum absolute atomic E-state index is 13.6. The van der Waals surface area contributed by atoms with E-state index in [0.717, 1.165) is 29.2 Å². The van der Waals surface area contributed by atoms with Gasteiger partial charge in [-0.15, -0.1) is 0 Å². The molecule has 0 spiro atoms. The summed E-state index contributed by atoms with van der Waals surface area (Å²) in [4.78, 5) is 0. The molecule has 0 heterocycles. The van der Waals surface area contributed by atoms with Crippen LogP contribution >= 0.6 is 0 Å². The summed E-state index contributed by atoms with van der Waals surface area (Å²) in [5.41, 5.74) is 0.813. The van der Waals surface area contributed by atoms with Gasteiger partial charge in [-0.3, -0.25) is 0 Å². The fourth-order valence-corrected chi connectivity index (χ4v) is 5.19. The first-order valence-corrected chi connectivity index (χ1v) is 7.79. The number of rotatable bonds is 3. The fourth-order valence-electron chi connectivity index (χ4n) is 5.19. The molecule has 3 saturated carbocycles. The Hall–Kier alpha value is -0.890. The molecule has 3 fully saturated rings. The Morgan fingerprint density at radius 2 is 1.89 bits per heavy atom. The maximum Gasteiger partial charge on any atom is 0.127 e. The highest BCUT2D eigenvalue weighted by atomic mass is 19.1. The predicted octanol–water partition coefficient (Wildman–Crippen LogP) is 3.74. The molecule has 2 bridgehead atoms. The van der Waals surface area contributed by atoms with E-state index in [4.69, 9.17) is 0 Å². The lowest BCUT2D eigenvalue weighted by Crippen LogP contribution is -2.39. The Morgan fingerprint density at radius 3 is 2.79 bits per heavy atom. The lowest BCUT2D eigenvalue weighted by Gasteiger charge is -2.32. The van der Waals surface area contributed by atoms with Crippen LogP contribution in [0.5, 0.6) is 0 Å². The van der Waals surface area contributed by atoms with Crippen LogP contribution in [-0.4, -0.2) is 6.04 Å². The fraction of sp³-hybridized carbons (Fsp3) is 0.647. The van der Waals surface area contributed by atoms with Crippen LogP contribution in [0.15, 0.2) is 24.3 Å². The molecule has 2 heteroatoms. The predicted molar refractivity (Wildman–Crippen MR) is 74.1 cm³/mol. The average Bonchev–Trinajstić information content (AvgIpc) is 3.10. The topological polar surface area (TPSA) is 12.0 Å². The van der Waals surface area contributed by atoms with Crippen molar-refractivity contribution in [2.45, 2.75) is 44.7 Å². The van der Waals surface area contributed by atoms with Crippen molar-refractivity contribution in [1.29, 1.82) is 0 Å². The van der Waals surface area contributed by atoms with Crippen molar-refractivity contribution in [2.75, 3.05) is 0 Å². The Kier molecular flexibility index (Phi) is 2.87. The second-order valence-electron chi connectivity index (χ2n) is 6.73. The van der Waals surface area contributed by atoms with Crippen LogP contribution < -0.4 is 5.32 Å². The van der Waals surface area contributed by atoms with E-state index in [-0.39, 0.29) is 5.82 Å². The van der Waals surface area contributed by atoms with Crippen molar-refractivity contribution in [3.05, 3.63) is 35.6 Å². The van der Waals surface area contributed by atoms with Gasteiger partial charge in [0.05, 0.1) is 0 Å². The van der Waals surface area contributed by atoms with Crippen LogP contribution in [0.2, 0.25) is 0 Å². The second-order valence-corrected chi connectivity index (χ2v) is 6.73. The molecule has 0 amide bonds. The molecule has 1 nitrogen and oxygen atoms in total. The van der Waals surface area contributed by atoms with Crippen molar-refractivity contribution < 1.29 is 4.39 Å². The monoisotopic (exact) mass is 259 g/mol. The van der Waals surface area contributed by atoms with Crippen molar-refractivity contribution >= 4 is 0 Å². The molecule has 5 atom stereocenters. The summed E-state index contributed by atoms with van der Waals surface area (Å²) >= 11 is 0. The first-order chi connectivity index (χ1) is 9.33. The highest BCUT2D eigenvalue weighted by molar-refractivity contribution is 5.17. The molecule has 0 radical (unpaired) electrons. The molecular weight excluding hydrogens is 237 g/mol. The molecule has 0 saturated heterocycles. The van der Waals surface area contributed by atoms with Gasteiger partial charge in [0, 0.05) is 18.2 Å². The van der Waals surface area contributed by atoms with E-state index >= 15 is 0 Å². The van der Waals surface area contributed by atoms with Crippen LogP contribution in [0, 0.1) is 29.5 Å². The summed E-state index contributed by atoms with van der Waals surface area (Å²) in [5, 5.41) is 3.64. The summed E-state index contributed by atoms with van der Waals surface area (Å²) in [6.45, 7) is 0.692. The van der Waals surface area contributed by atoms with Crippen molar-refractivity contribution in [3.63, 3.8) is 0 Å². The number of halogens is 1. The van der Waals surface area contributed by atoms with Crippen LogP contribution in [0.1, 0.15) is 37.7 Å². The number of hydrogen-bond donors (Lipinski definition) is 1. The highest BCUT2D eigenvalue weighted by Crippen LogP contribution is 2.58. The molecule has 0 aromatic heterocycles. The van der Waals surface area contributed by atoms with E-state index in [1.807, 2.05) is 12.1 Å². The van der Waals surface area contributed by atoms with Gasteiger partial charge >= 0.3 is 0 Å². The molecule has 3 aliphatic carbocycles. The number of hydrogen-bond acceptors (Lipinski definition) is 1. The van der Waals surface area contributed by atoms with Gasteiger partial charge in [0.15, 0.2) is 0 Å². The minimum absolute atomic E-state index is 0.0723. The third-order valence-electron chi connectivity index (χ3n) is 5.94. The average molecular weight is 259 g/mol. The zero-order valence-electron chi connectivity index (χ0n) is 11.3. The van der Waals surface area contributed by atoms with Crippen LogP contribution in [-0.2, 0) is 6.54 Å². The molecule has 4 rings (SSSR count). The van der Waals surface area contributed by atoms with Crippen LogP contribution in [0.3, 0.4) is 0 Å². The number of benzene rings is 1. The maximum atomic E-state index is 13.6. The van der Waals surface area contributed by atoms with Crippen molar-refractivity contribution in [3.8, 4) is 0 Å². The first kappa shape index (κ1) is 11.9. The summed E-state index contributed by atoms with van der Waals surface area (Å²) in [6, 6.07) is 7.79. The van der Waals surface area contributed by atoms with E-state index in [2.05, 4.69) is 5.32 Å². The molecule has 1 N–H and O–H groups in total. The van der Waals surface area contributed by atoms with E-state index in [9.17, 15) is 4.39 Å². The number of nitrogens with one attached hydrogen (secondary N) is 1. The molecule has 5 unspecified atom stereocenters. The zero-order chi connectivity index (χ0) is 12.8. The Bertz CT molecular complexity index is 472. The van der Waals surface area contributed by atoms with E-state index in [1.54, 1.807) is 12.1 Å². The quantitative estimate of drug-likeness (QED) is 0.872. The van der Waals surface area contributed by atoms with Gasteiger partial charge in [-0.25, -0.2) is 4.39 Å². The minimum atomic E-state index is -0.0723. The summed E-state index contributed by atoms with van der Waals surface area (Å²) in [5.74, 6) is 3.80. The van der Waals surface area contributed by atoms with Gasteiger partial charge in [-0.2, -0.15) is 0 Å². The SMILES string of the molecule is Fc1ccccc1CNC1CC2CC1C1CCCC21. The summed E-state index contributed by atoms with van der Waals surface area (Å²) in [7, 11) is 0. The van der Waals surface area contributed by atoms with Crippen LogP contribution in [0.25, 0.3) is 0 Å². The van der Waals surface area contributed by atoms with Gasteiger partial charge in [-0.1, -0.05) is 24.6 Å². The molecule has 0 aliphatic heterocycles. The molecule has 3 aliphatic rings. The molecule has 19 heavy (non-hydrogen) atoms. The smallest absolute Gasteiger partial charge is 0.127 e. The van der Waals surface area contributed by atoms with Crippen molar-refractivity contribution in [2.24, 2.45) is 23.7 Å². The van der Waals surface area contributed by atoms with Gasteiger partial charge in [0.2, 0.25) is 0 Å². The van der Waals surface area contributed by atoms with E-state index in [1.165, 1.54) is 32.1 Å². The standard InChI is InChI=1S/C17H22FN/c18-16-7-2-1-4-11(16)10-19-17-9-12-8-15(17)14-6-3-5-13(12)14/h1-2,4,7,12-15,17,19H,3,5-6,8-10H2. The molecule has 1 aromatic carbocycles. The lowest BCUT2D eigenvalue weighted by molar-refractivity contribution is 0.207. The highest BCUT2D eigenvalue weighted by Gasteiger charge is 2.53. The first-order valence-electron chi connectivity index (χ1n) is 7.79. The molecule has 1 aromatic rings. The van der Waals surface area contributed by atoms with Crippen LogP contribution in [0.4, 0.5) is 4.39 Å². The van der Waals surface area contributed by atoms with Gasteiger partial charge in [0.25, 0.3) is 0 Å². The Balaban J connectivity index is 1.41. The Morgan fingerprint density at radius 1 is 1.05 bits per heavy atom.